The predicted molar refractivity (Wildman–Crippen MR) is 103 cm³/mol. The fraction of sp³-hybridized carbons (Fsp3) is 0.647. The maximum absolute atomic E-state index is 12.6. The van der Waals surface area contributed by atoms with Gasteiger partial charge in [0, 0.05) is 13.5 Å². The summed E-state index contributed by atoms with van der Waals surface area (Å²) < 4.78 is 8.36. The molecule has 0 atom stereocenters. The number of aromatic nitrogens is 4. The van der Waals surface area contributed by atoms with Crippen LogP contribution in [0.4, 0.5) is 0 Å². The average molecular weight is 381 g/mol. The lowest BCUT2D eigenvalue weighted by atomic mass is 10.2. The van der Waals surface area contributed by atoms with Crippen LogP contribution in [0.5, 0.6) is 0 Å². The number of fused-ring (bicyclic) bond motifs is 1. The molecule has 0 aliphatic rings. The van der Waals surface area contributed by atoms with E-state index in [0.717, 1.165) is 4.57 Å². The smallest absolute Gasteiger partial charge is 0.332 e. The summed E-state index contributed by atoms with van der Waals surface area (Å²) in [6.45, 7) is 12.4. The third-order valence-electron chi connectivity index (χ3n) is 5.13. The molecule has 2 aromatic rings. The maximum atomic E-state index is 12.6. The zero-order valence-electron chi connectivity index (χ0n) is 16.6. The molecule has 0 radical (unpaired) electrons. The predicted octanol–water partition coefficient (Wildman–Crippen LogP) is 1.92. The molecule has 8 nitrogen and oxygen atoms in total. The number of ketones is 1. The zero-order chi connectivity index (χ0) is 19.9. The highest BCUT2D eigenvalue weighted by atomic mass is 28.4. The van der Waals surface area contributed by atoms with Gasteiger partial charge in [-0.05, 0) is 18.1 Å². The second-order valence-electron chi connectivity index (χ2n) is 8.06. The van der Waals surface area contributed by atoms with Crippen molar-refractivity contribution in [2.75, 3.05) is 0 Å². The molecule has 0 unspecified atom stereocenters. The normalized spacial score (nSPS) is 12.7. The van der Waals surface area contributed by atoms with Gasteiger partial charge < -0.3 is 9.41 Å². The van der Waals surface area contributed by atoms with Gasteiger partial charge in [0.1, 0.15) is 11.3 Å². The highest BCUT2D eigenvalue weighted by Crippen LogP contribution is 2.36. The van der Waals surface area contributed by atoms with Gasteiger partial charge in [0.05, 0.1) is 13.2 Å². The summed E-state index contributed by atoms with van der Waals surface area (Å²) >= 11 is 0. The van der Waals surface area contributed by atoms with E-state index in [4.69, 9.17) is 4.43 Å². The largest absolute Gasteiger partial charge is 0.409 e. The Bertz CT molecular complexity index is 947. The van der Waals surface area contributed by atoms with Crippen molar-refractivity contribution >= 4 is 25.3 Å². The number of nitrogens with zero attached hydrogens (tertiary/aromatic N) is 3. The van der Waals surface area contributed by atoms with Crippen molar-refractivity contribution in [3.05, 3.63) is 26.7 Å². The standard InChI is InChI=1S/C17H28N4O4Si/c1-8-11(22)9-21-15(23)13-14(20(5)16(21)24)19-12(18-13)10-25-26(6,7)17(2,3)4/h8-10H2,1-7H3,(H,18,19). The van der Waals surface area contributed by atoms with Crippen molar-refractivity contribution in [1.82, 2.24) is 19.1 Å². The van der Waals surface area contributed by atoms with Gasteiger partial charge in [-0.2, -0.15) is 0 Å². The van der Waals surface area contributed by atoms with Crippen LogP contribution in [-0.2, 0) is 29.4 Å². The van der Waals surface area contributed by atoms with Crippen molar-refractivity contribution in [2.24, 2.45) is 7.05 Å². The Kier molecular flexibility index (Phi) is 5.43. The Morgan fingerprint density at radius 2 is 1.88 bits per heavy atom. The number of nitrogens with one attached hydrogen (secondary N) is 1. The topological polar surface area (TPSA) is 99.0 Å². The molecular weight excluding hydrogens is 352 g/mol. The van der Waals surface area contributed by atoms with Crippen molar-refractivity contribution in [3.8, 4) is 0 Å². The number of hydrogen-bond acceptors (Lipinski definition) is 5. The van der Waals surface area contributed by atoms with Crippen LogP contribution in [0.25, 0.3) is 11.2 Å². The third kappa shape index (κ3) is 3.73. The van der Waals surface area contributed by atoms with E-state index in [1.807, 2.05) is 0 Å². The first-order valence-corrected chi connectivity index (χ1v) is 11.6. The molecule has 0 spiro atoms. The van der Waals surface area contributed by atoms with E-state index >= 15 is 0 Å². The monoisotopic (exact) mass is 380 g/mol. The Morgan fingerprint density at radius 3 is 2.42 bits per heavy atom. The summed E-state index contributed by atoms with van der Waals surface area (Å²) in [4.78, 5) is 44.1. The molecule has 2 aromatic heterocycles. The number of imidazole rings is 1. The van der Waals surface area contributed by atoms with Crippen LogP contribution in [0.15, 0.2) is 9.59 Å². The molecule has 0 saturated heterocycles. The molecule has 1 N–H and O–H groups in total. The molecule has 0 saturated carbocycles. The van der Waals surface area contributed by atoms with E-state index in [9.17, 15) is 14.4 Å². The number of aryl methyl sites for hydroxylation is 1. The molecule has 0 aliphatic carbocycles. The molecule has 0 aromatic carbocycles. The van der Waals surface area contributed by atoms with E-state index < -0.39 is 19.6 Å². The van der Waals surface area contributed by atoms with Gasteiger partial charge in [0.25, 0.3) is 5.56 Å². The van der Waals surface area contributed by atoms with Crippen LogP contribution in [0.3, 0.4) is 0 Å². The molecule has 0 fully saturated rings. The minimum Gasteiger partial charge on any atom is -0.409 e. The van der Waals surface area contributed by atoms with Gasteiger partial charge in [0.15, 0.2) is 19.7 Å². The first-order chi connectivity index (χ1) is 11.9. The third-order valence-corrected chi connectivity index (χ3v) is 9.61. The van der Waals surface area contributed by atoms with Crippen LogP contribution >= 0.6 is 0 Å². The minimum atomic E-state index is -1.97. The number of carbonyl (C=O) groups is 1. The zero-order valence-corrected chi connectivity index (χ0v) is 17.6. The van der Waals surface area contributed by atoms with E-state index in [1.54, 1.807) is 6.92 Å². The summed E-state index contributed by atoms with van der Waals surface area (Å²) in [5.41, 5.74) is -0.595. The van der Waals surface area contributed by atoms with Gasteiger partial charge in [-0.25, -0.2) is 9.78 Å². The first-order valence-electron chi connectivity index (χ1n) is 8.73. The quantitative estimate of drug-likeness (QED) is 0.772. The van der Waals surface area contributed by atoms with Crippen LogP contribution in [0, 0.1) is 0 Å². The van der Waals surface area contributed by atoms with E-state index in [1.165, 1.54) is 11.6 Å². The highest BCUT2D eigenvalue weighted by molar-refractivity contribution is 6.74. The lowest BCUT2D eigenvalue weighted by Gasteiger charge is -2.35. The number of rotatable bonds is 6. The van der Waals surface area contributed by atoms with Gasteiger partial charge in [-0.15, -0.1) is 0 Å². The second kappa shape index (κ2) is 6.96. The summed E-state index contributed by atoms with van der Waals surface area (Å²) in [5.74, 6) is 0.320. The Morgan fingerprint density at radius 1 is 1.27 bits per heavy atom. The van der Waals surface area contributed by atoms with Gasteiger partial charge in [-0.1, -0.05) is 27.7 Å². The van der Waals surface area contributed by atoms with Crippen molar-refractivity contribution in [1.29, 1.82) is 0 Å². The summed E-state index contributed by atoms with van der Waals surface area (Å²) in [5, 5.41) is 0.0547. The molecule has 0 aliphatic heterocycles. The van der Waals surface area contributed by atoms with Gasteiger partial charge >= 0.3 is 5.69 Å². The Hall–Kier alpha value is -2.00. The molecule has 2 heterocycles. The fourth-order valence-electron chi connectivity index (χ4n) is 2.26. The maximum Gasteiger partial charge on any atom is 0.332 e. The van der Waals surface area contributed by atoms with Gasteiger partial charge in [-0.3, -0.25) is 18.7 Å². The van der Waals surface area contributed by atoms with Crippen LogP contribution in [-0.4, -0.2) is 33.2 Å². The number of aromatic amines is 1. The van der Waals surface area contributed by atoms with Crippen molar-refractivity contribution < 1.29 is 9.22 Å². The Balaban J connectivity index is 2.44. The summed E-state index contributed by atoms with van der Waals surface area (Å²) in [6.07, 6.45) is 0.266. The average Bonchev–Trinajstić information content (AvgIpc) is 2.98. The molecule has 26 heavy (non-hydrogen) atoms. The molecule has 2 rings (SSSR count). The fourth-order valence-corrected chi connectivity index (χ4v) is 3.19. The molecule has 9 heteroatoms. The van der Waals surface area contributed by atoms with Crippen LogP contribution in [0.2, 0.25) is 18.1 Å². The van der Waals surface area contributed by atoms with E-state index in [0.29, 0.717) is 5.82 Å². The van der Waals surface area contributed by atoms with Crippen molar-refractivity contribution in [3.63, 3.8) is 0 Å². The van der Waals surface area contributed by atoms with Crippen molar-refractivity contribution in [2.45, 2.75) is 65.4 Å². The number of hydrogen-bond donors (Lipinski definition) is 1. The minimum absolute atomic E-state index is 0.0547. The molecule has 0 amide bonds. The lowest BCUT2D eigenvalue weighted by molar-refractivity contribution is -0.119. The van der Waals surface area contributed by atoms with Crippen LogP contribution < -0.4 is 11.2 Å². The SMILES string of the molecule is CCC(=O)Cn1c(=O)c2[nH]c(CO[Si](C)(C)C(C)(C)C)nc2n(C)c1=O. The van der Waals surface area contributed by atoms with E-state index in [-0.39, 0.29) is 41.6 Å². The number of carbonyl (C=O) groups excluding carboxylic acids is 1. The number of H-pyrrole nitrogens is 1. The first kappa shape index (κ1) is 20.3. The lowest BCUT2D eigenvalue weighted by Crippen LogP contribution is -2.40. The summed E-state index contributed by atoms with van der Waals surface area (Å²) in [6, 6.07) is 0. The molecular formula is C17H28N4O4Si. The van der Waals surface area contributed by atoms with Gasteiger partial charge in [0.2, 0.25) is 0 Å². The highest BCUT2D eigenvalue weighted by Gasteiger charge is 2.37. The number of Topliss-reactive ketones (excluding diaryl/α,β-unsaturated/α-hetero) is 1. The van der Waals surface area contributed by atoms with E-state index in [2.05, 4.69) is 43.8 Å². The second-order valence-corrected chi connectivity index (χ2v) is 12.9. The van der Waals surface area contributed by atoms with Crippen LogP contribution in [0.1, 0.15) is 39.9 Å². The summed E-state index contributed by atoms with van der Waals surface area (Å²) in [7, 11) is -0.431. The molecule has 144 valence electrons. The molecule has 0 bridgehead atoms. The Labute approximate surface area is 153 Å².